The highest BCUT2D eigenvalue weighted by molar-refractivity contribution is 6.30. The van der Waals surface area contributed by atoms with Crippen molar-refractivity contribution in [2.45, 2.75) is 37.5 Å². The molecule has 1 amide bonds. The Labute approximate surface area is 171 Å². The molecule has 28 heavy (non-hydrogen) atoms. The van der Waals surface area contributed by atoms with Crippen LogP contribution in [0.2, 0.25) is 5.02 Å². The van der Waals surface area contributed by atoms with E-state index in [-0.39, 0.29) is 18.6 Å². The molecule has 3 aliphatic heterocycles. The van der Waals surface area contributed by atoms with E-state index in [2.05, 4.69) is 20.5 Å². The SMILES string of the molecule is CN=C(NCC(=O)N1CCN(c2ccc(Cl)cc2)CC1)NC1CC2CCC1O2. The van der Waals surface area contributed by atoms with E-state index in [4.69, 9.17) is 16.3 Å². The molecular weight excluding hydrogens is 378 g/mol. The second-order valence-electron chi connectivity index (χ2n) is 7.63. The average molecular weight is 406 g/mol. The topological polar surface area (TPSA) is 69.2 Å². The number of anilines is 1. The second-order valence-corrected chi connectivity index (χ2v) is 8.07. The first kappa shape index (κ1) is 19.3. The van der Waals surface area contributed by atoms with Gasteiger partial charge in [0.05, 0.1) is 24.8 Å². The van der Waals surface area contributed by atoms with Crippen molar-refractivity contribution in [2.75, 3.05) is 44.7 Å². The van der Waals surface area contributed by atoms with Crippen LogP contribution >= 0.6 is 11.6 Å². The number of fused-ring (bicyclic) bond motifs is 2. The molecule has 0 aliphatic carbocycles. The number of carbonyl (C=O) groups is 1. The monoisotopic (exact) mass is 405 g/mol. The van der Waals surface area contributed by atoms with Crippen LogP contribution in [-0.2, 0) is 9.53 Å². The molecule has 3 unspecified atom stereocenters. The van der Waals surface area contributed by atoms with Crippen LogP contribution in [0.1, 0.15) is 19.3 Å². The highest BCUT2D eigenvalue weighted by atomic mass is 35.5. The number of hydrogen-bond donors (Lipinski definition) is 2. The fourth-order valence-corrected chi connectivity index (χ4v) is 4.42. The van der Waals surface area contributed by atoms with Crippen molar-refractivity contribution in [2.24, 2.45) is 4.99 Å². The normalized spacial score (nSPS) is 27.2. The van der Waals surface area contributed by atoms with Gasteiger partial charge in [0.1, 0.15) is 0 Å². The molecule has 4 rings (SSSR count). The van der Waals surface area contributed by atoms with Gasteiger partial charge in [0.25, 0.3) is 0 Å². The Morgan fingerprint density at radius 1 is 1.21 bits per heavy atom. The lowest BCUT2D eigenvalue weighted by atomic mass is 9.96. The largest absolute Gasteiger partial charge is 0.373 e. The number of rotatable bonds is 4. The number of aliphatic imine (C=N–C) groups is 1. The number of guanidine groups is 1. The summed E-state index contributed by atoms with van der Waals surface area (Å²) in [6.45, 7) is 3.33. The van der Waals surface area contributed by atoms with E-state index in [9.17, 15) is 4.79 Å². The Bertz CT molecular complexity index is 718. The first-order valence-electron chi connectivity index (χ1n) is 10.0. The molecule has 7 nitrogen and oxygen atoms in total. The summed E-state index contributed by atoms with van der Waals surface area (Å²) in [7, 11) is 1.73. The van der Waals surface area contributed by atoms with Crippen molar-refractivity contribution < 1.29 is 9.53 Å². The molecule has 3 aliphatic rings. The number of piperazine rings is 1. The third-order valence-electron chi connectivity index (χ3n) is 5.88. The molecule has 3 heterocycles. The van der Waals surface area contributed by atoms with Crippen LogP contribution in [0.4, 0.5) is 5.69 Å². The molecule has 0 aromatic heterocycles. The van der Waals surface area contributed by atoms with Crippen molar-refractivity contribution in [3.63, 3.8) is 0 Å². The van der Waals surface area contributed by atoms with Crippen LogP contribution in [0.15, 0.2) is 29.3 Å². The van der Waals surface area contributed by atoms with E-state index in [1.54, 1.807) is 7.05 Å². The molecule has 3 fully saturated rings. The zero-order valence-electron chi connectivity index (χ0n) is 16.2. The van der Waals surface area contributed by atoms with Gasteiger partial charge in [-0.1, -0.05) is 11.6 Å². The summed E-state index contributed by atoms with van der Waals surface area (Å²) in [5.41, 5.74) is 1.15. The Balaban J connectivity index is 1.21. The number of carbonyl (C=O) groups excluding carboxylic acids is 1. The van der Waals surface area contributed by atoms with Crippen molar-refractivity contribution >= 4 is 29.2 Å². The summed E-state index contributed by atoms with van der Waals surface area (Å²) in [5.74, 6) is 0.775. The Morgan fingerprint density at radius 2 is 1.96 bits per heavy atom. The summed E-state index contributed by atoms with van der Waals surface area (Å²) in [4.78, 5) is 21.0. The molecule has 1 aromatic rings. The van der Waals surface area contributed by atoms with Gasteiger partial charge in [-0.05, 0) is 43.5 Å². The summed E-state index contributed by atoms with van der Waals surface area (Å²) in [6.07, 6.45) is 3.96. The highest BCUT2D eigenvalue weighted by Gasteiger charge is 2.41. The van der Waals surface area contributed by atoms with E-state index in [1.165, 1.54) is 0 Å². The fraction of sp³-hybridized carbons (Fsp3) is 0.600. The summed E-state index contributed by atoms with van der Waals surface area (Å²) in [5, 5.41) is 7.32. The van der Waals surface area contributed by atoms with Gasteiger partial charge in [-0.3, -0.25) is 9.79 Å². The zero-order chi connectivity index (χ0) is 19.5. The maximum atomic E-state index is 12.6. The van der Waals surface area contributed by atoms with Crippen molar-refractivity contribution in [1.82, 2.24) is 15.5 Å². The van der Waals surface area contributed by atoms with E-state index < -0.39 is 0 Å². The lowest BCUT2D eigenvalue weighted by Crippen LogP contribution is -2.53. The number of benzene rings is 1. The first-order valence-corrected chi connectivity index (χ1v) is 10.4. The molecule has 2 N–H and O–H groups in total. The number of halogens is 1. The zero-order valence-corrected chi connectivity index (χ0v) is 17.0. The predicted octanol–water partition coefficient (Wildman–Crippen LogP) is 1.47. The summed E-state index contributed by atoms with van der Waals surface area (Å²) in [6, 6.07) is 8.14. The fourth-order valence-electron chi connectivity index (χ4n) is 4.30. The maximum Gasteiger partial charge on any atom is 0.242 e. The van der Waals surface area contributed by atoms with E-state index in [1.807, 2.05) is 29.2 Å². The van der Waals surface area contributed by atoms with Crippen LogP contribution in [-0.4, -0.2) is 74.8 Å². The Hall–Kier alpha value is -1.99. The van der Waals surface area contributed by atoms with Gasteiger partial charge in [0.2, 0.25) is 5.91 Å². The van der Waals surface area contributed by atoms with Crippen molar-refractivity contribution in [3.05, 3.63) is 29.3 Å². The van der Waals surface area contributed by atoms with Crippen LogP contribution in [0, 0.1) is 0 Å². The minimum Gasteiger partial charge on any atom is -0.373 e. The Morgan fingerprint density at radius 3 is 2.57 bits per heavy atom. The van der Waals surface area contributed by atoms with Crippen LogP contribution < -0.4 is 15.5 Å². The number of hydrogen-bond acceptors (Lipinski definition) is 4. The number of nitrogens with zero attached hydrogens (tertiary/aromatic N) is 3. The van der Waals surface area contributed by atoms with Gasteiger partial charge < -0.3 is 25.2 Å². The molecule has 152 valence electrons. The minimum atomic E-state index is 0.0999. The summed E-state index contributed by atoms with van der Waals surface area (Å²) >= 11 is 5.96. The Kier molecular flexibility index (Phi) is 5.92. The van der Waals surface area contributed by atoms with Gasteiger partial charge >= 0.3 is 0 Å². The van der Waals surface area contributed by atoms with Gasteiger partial charge in [-0.15, -0.1) is 0 Å². The van der Waals surface area contributed by atoms with Crippen LogP contribution in [0.5, 0.6) is 0 Å². The predicted molar refractivity (Wildman–Crippen MR) is 111 cm³/mol. The standard InChI is InChI=1S/C20H28ClN5O2/c1-22-20(24-17-12-16-6-7-18(17)28-16)23-13-19(27)26-10-8-25(9-11-26)15-4-2-14(21)3-5-15/h2-5,16-18H,6-13H2,1H3,(H2,22,23,24). The first-order chi connectivity index (χ1) is 13.6. The lowest BCUT2D eigenvalue weighted by Gasteiger charge is -2.36. The van der Waals surface area contributed by atoms with E-state index >= 15 is 0 Å². The number of nitrogens with one attached hydrogen (secondary N) is 2. The quantitative estimate of drug-likeness (QED) is 0.586. The third kappa shape index (κ3) is 4.36. The third-order valence-corrected chi connectivity index (χ3v) is 6.13. The molecule has 3 atom stereocenters. The molecule has 0 saturated carbocycles. The maximum absolute atomic E-state index is 12.6. The number of amides is 1. The van der Waals surface area contributed by atoms with Gasteiger partial charge in [0.15, 0.2) is 5.96 Å². The van der Waals surface area contributed by atoms with Crippen molar-refractivity contribution in [1.29, 1.82) is 0 Å². The van der Waals surface area contributed by atoms with E-state index in [0.717, 1.165) is 56.2 Å². The van der Waals surface area contributed by atoms with Crippen LogP contribution in [0.3, 0.4) is 0 Å². The number of ether oxygens (including phenoxy) is 1. The smallest absolute Gasteiger partial charge is 0.242 e. The molecule has 0 radical (unpaired) electrons. The average Bonchev–Trinajstić information content (AvgIpc) is 3.35. The van der Waals surface area contributed by atoms with Gasteiger partial charge in [0, 0.05) is 43.9 Å². The van der Waals surface area contributed by atoms with Gasteiger partial charge in [-0.2, -0.15) is 0 Å². The second kappa shape index (κ2) is 8.57. The molecule has 2 bridgehead atoms. The molecule has 8 heteroatoms. The minimum absolute atomic E-state index is 0.0999. The van der Waals surface area contributed by atoms with Crippen LogP contribution in [0.25, 0.3) is 0 Å². The van der Waals surface area contributed by atoms with Crippen molar-refractivity contribution in [3.8, 4) is 0 Å². The molecule has 1 aromatic carbocycles. The van der Waals surface area contributed by atoms with E-state index in [0.29, 0.717) is 18.1 Å². The summed E-state index contributed by atoms with van der Waals surface area (Å²) < 4.78 is 5.87. The lowest BCUT2D eigenvalue weighted by molar-refractivity contribution is -0.130. The molecule has 0 spiro atoms. The van der Waals surface area contributed by atoms with Gasteiger partial charge in [-0.25, -0.2) is 0 Å². The molecule has 3 saturated heterocycles. The highest BCUT2D eigenvalue weighted by Crippen LogP contribution is 2.34. The molecular formula is C20H28ClN5O2.